The number of nitrogens with zero attached hydrogens (tertiary/aromatic N) is 5. The smallest absolute Gasteiger partial charge is 0.287 e. The Morgan fingerprint density at radius 1 is 1.44 bits per heavy atom. The molecule has 1 heterocycles. The average Bonchev–Trinajstić information content (AvgIpc) is 2.26. The van der Waals surface area contributed by atoms with E-state index in [0.29, 0.717) is 5.82 Å². The lowest BCUT2D eigenvalue weighted by Gasteiger charge is -2.12. The third kappa shape index (κ3) is 3.19. The van der Waals surface area contributed by atoms with Crippen molar-refractivity contribution < 1.29 is 4.92 Å². The summed E-state index contributed by atoms with van der Waals surface area (Å²) >= 11 is 0. The molecule has 0 fully saturated rings. The van der Waals surface area contributed by atoms with Gasteiger partial charge in [-0.1, -0.05) is 0 Å². The summed E-state index contributed by atoms with van der Waals surface area (Å²) in [5.41, 5.74) is -0.0336. The fraction of sp³-hybridized carbons (Fsp3) is 0.333. The largest absolute Gasteiger partial charge is 0.367 e. The highest BCUT2D eigenvalue weighted by Gasteiger charge is 2.06. The fourth-order valence-electron chi connectivity index (χ4n) is 0.918. The van der Waals surface area contributed by atoms with Crippen molar-refractivity contribution in [2.45, 2.75) is 0 Å². The minimum atomic E-state index is -0.486. The molecule has 16 heavy (non-hydrogen) atoms. The zero-order chi connectivity index (χ0) is 12.1. The highest BCUT2D eigenvalue weighted by atomic mass is 16.6. The molecule has 0 aliphatic heterocycles. The van der Waals surface area contributed by atoms with Crippen LogP contribution in [0.1, 0.15) is 0 Å². The second kappa shape index (κ2) is 5.06. The molecule has 7 nitrogen and oxygen atoms in total. The summed E-state index contributed by atoms with van der Waals surface area (Å²) in [6.45, 7) is 0. The molecular weight excluding hydrogens is 210 g/mol. The van der Waals surface area contributed by atoms with Gasteiger partial charge < -0.3 is 4.90 Å². The Bertz CT molecular complexity index is 387. The van der Waals surface area contributed by atoms with Crippen molar-refractivity contribution in [3.8, 4) is 0 Å². The van der Waals surface area contributed by atoms with Crippen LogP contribution < -0.4 is 5.01 Å². The molecule has 0 amide bonds. The molecule has 0 unspecified atom stereocenters. The summed E-state index contributed by atoms with van der Waals surface area (Å²) in [5, 5.41) is 16.0. The maximum atomic E-state index is 10.4. The Morgan fingerprint density at radius 2 is 2.12 bits per heavy atom. The summed E-state index contributed by atoms with van der Waals surface area (Å²) in [5.74, 6) is 0.545. The molecule has 0 atom stereocenters. The van der Waals surface area contributed by atoms with Crippen LogP contribution in [0.25, 0.3) is 0 Å². The lowest BCUT2D eigenvalue weighted by molar-refractivity contribution is -0.385. The monoisotopic (exact) mass is 223 g/mol. The second-order valence-corrected chi connectivity index (χ2v) is 3.35. The van der Waals surface area contributed by atoms with E-state index in [1.807, 2.05) is 14.1 Å². The molecule has 0 aliphatic carbocycles. The number of hydrogen-bond donors (Lipinski definition) is 0. The van der Waals surface area contributed by atoms with Crippen molar-refractivity contribution in [1.29, 1.82) is 0 Å². The van der Waals surface area contributed by atoms with Crippen LogP contribution in [0, 0.1) is 10.1 Å². The molecule has 86 valence electrons. The molecular formula is C9H13N5O2. The van der Waals surface area contributed by atoms with E-state index < -0.39 is 4.92 Å². The third-order valence-electron chi connectivity index (χ3n) is 1.73. The van der Waals surface area contributed by atoms with E-state index in [1.54, 1.807) is 24.4 Å². The molecule has 0 spiro atoms. The van der Waals surface area contributed by atoms with Gasteiger partial charge in [0.1, 0.15) is 18.4 Å². The highest BCUT2D eigenvalue weighted by molar-refractivity contribution is 5.56. The van der Waals surface area contributed by atoms with E-state index in [2.05, 4.69) is 10.1 Å². The quantitative estimate of drug-likeness (QED) is 0.328. The Balaban J connectivity index is 2.77. The van der Waals surface area contributed by atoms with Gasteiger partial charge in [-0.05, 0) is 6.07 Å². The van der Waals surface area contributed by atoms with Gasteiger partial charge in [0, 0.05) is 27.2 Å². The number of nitro groups is 1. The summed E-state index contributed by atoms with van der Waals surface area (Å²) in [4.78, 5) is 15.6. The van der Waals surface area contributed by atoms with Crippen molar-refractivity contribution in [3.63, 3.8) is 0 Å². The van der Waals surface area contributed by atoms with Gasteiger partial charge in [-0.15, -0.1) is 0 Å². The first-order chi connectivity index (χ1) is 7.50. The Labute approximate surface area is 93.1 Å². The highest BCUT2D eigenvalue weighted by Crippen LogP contribution is 2.14. The number of rotatable bonds is 4. The van der Waals surface area contributed by atoms with Crippen LogP contribution in [0.3, 0.4) is 0 Å². The van der Waals surface area contributed by atoms with Gasteiger partial charge in [0.25, 0.3) is 5.69 Å². The van der Waals surface area contributed by atoms with Gasteiger partial charge in [0.05, 0.1) is 4.92 Å². The van der Waals surface area contributed by atoms with Crippen molar-refractivity contribution in [3.05, 3.63) is 28.4 Å². The molecule has 0 aliphatic rings. The van der Waals surface area contributed by atoms with E-state index >= 15 is 0 Å². The van der Waals surface area contributed by atoms with Gasteiger partial charge in [0.15, 0.2) is 0 Å². The summed E-state index contributed by atoms with van der Waals surface area (Å²) < 4.78 is 0. The SMILES string of the molecule is CN(C)/C=N\N(C)c1ccc([N+](=O)[O-])cn1. The van der Waals surface area contributed by atoms with E-state index in [4.69, 9.17) is 0 Å². The van der Waals surface area contributed by atoms with Crippen molar-refractivity contribution in [2.24, 2.45) is 5.10 Å². The predicted molar refractivity (Wildman–Crippen MR) is 61.5 cm³/mol. The number of anilines is 1. The van der Waals surface area contributed by atoms with Crippen molar-refractivity contribution >= 4 is 17.8 Å². The molecule has 0 bridgehead atoms. The van der Waals surface area contributed by atoms with Gasteiger partial charge in [0.2, 0.25) is 0 Å². The van der Waals surface area contributed by atoms with Crippen molar-refractivity contribution in [2.75, 3.05) is 26.2 Å². The van der Waals surface area contributed by atoms with Crippen LogP contribution in [0.15, 0.2) is 23.4 Å². The number of hydrogen-bond acceptors (Lipinski definition) is 5. The second-order valence-electron chi connectivity index (χ2n) is 3.35. The molecule has 0 saturated heterocycles. The first-order valence-electron chi connectivity index (χ1n) is 4.55. The lowest BCUT2D eigenvalue weighted by atomic mass is 10.4. The van der Waals surface area contributed by atoms with E-state index in [0.717, 1.165) is 0 Å². The van der Waals surface area contributed by atoms with Gasteiger partial charge in [-0.2, -0.15) is 5.10 Å². The zero-order valence-electron chi connectivity index (χ0n) is 9.36. The lowest BCUT2D eigenvalue weighted by Crippen LogP contribution is -2.15. The van der Waals surface area contributed by atoms with Gasteiger partial charge >= 0.3 is 0 Å². The topological polar surface area (TPSA) is 74.9 Å². The van der Waals surface area contributed by atoms with Crippen molar-refractivity contribution in [1.82, 2.24) is 9.88 Å². The zero-order valence-corrected chi connectivity index (χ0v) is 9.36. The normalized spacial score (nSPS) is 10.4. The Kier molecular flexibility index (Phi) is 3.76. The number of hydrazone groups is 1. The average molecular weight is 223 g/mol. The summed E-state index contributed by atoms with van der Waals surface area (Å²) in [6, 6.07) is 2.94. The molecule has 0 radical (unpaired) electrons. The first-order valence-corrected chi connectivity index (χ1v) is 4.55. The maximum Gasteiger partial charge on any atom is 0.287 e. The molecule has 7 heteroatoms. The summed E-state index contributed by atoms with van der Waals surface area (Å²) in [6.07, 6.45) is 2.82. The van der Waals surface area contributed by atoms with E-state index in [-0.39, 0.29) is 5.69 Å². The molecule has 0 aromatic carbocycles. The Hall–Kier alpha value is -2.18. The van der Waals surface area contributed by atoms with Crippen LogP contribution in [0.2, 0.25) is 0 Å². The van der Waals surface area contributed by atoms with Crippen LogP contribution in [-0.2, 0) is 0 Å². The van der Waals surface area contributed by atoms with Gasteiger partial charge in [-0.25, -0.2) is 9.99 Å². The first kappa shape index (κ1) is 11.9. The standard InChI is InChI=1S/C9H13N5O2/c1-12(2)7-11-13(3)9-5-4-8(6-10-9)14(15)16/h4-7H,1-3H3/b11-7-. The van der Waals surface area contributed by atoms with Crippen LogP contribution in [0.4, 0.5) is 11.5 Å². The van der Waals surface area contributed by atoms with Crippen LogP contribution in [-0.4, -0.2) is 42.3 Å². The fourth-order valence-corrected chi connectivity index (χ4v) is 0.918. The minimum Gasteiger partial charge on any atom is -0.367 e. The maximum absolute atomic E-state index is 10.4. The van der Waals surface area contributed by atoms with Crippen LogP contribution in [0.5, 0.6) is 0 Å². The summed E-state index contributed by atoms with van der Waals surface area (Å²) in [7, 11) is 5.41. The molecule has 0 N–H and O–H groups in total. The van der Waals surface area contributed by atoms with E-state index in [1.165, 1.54) is 17.3 Å². The molecule has 0 saturated carbocycles. The third-order valence-corrected chi connectivity index (χ3v) is 1.73. The molecule has 1 rings (SSSR count). The van der Waals surface area contributed by atoms with E-state index in [9.17, 15) is 10.1 Å². The Morgan fingerprint density at radius 3 is 2.56 bits per heavy atom. The number of pyridine rings is 1. The predicted octanol–water partition coefficient (Wildman–Crippen LogP) is 0.931. The molecule has 1 aromatic rings. The van der Waals surface area contributed by atoms with Gasteiger partial charge in [-0.3, -0.25) is 10.1 Å². The van der Waals surface area contributed by atoms with Crippen LogP contribution >= 0.6 is 0 Å². The minimum absolute atomic E-state index is 0.0336. The number of aromatic nitrogens is 1. The molecule has 1 aromatic heterocycles.